The monoisotopic (exact) mass is 250 g/mol. The van der Waals surface area contributed by atoms with E-state index in [1.165, 1.54) is 45.3 Å². The van der Waals surface area contributed by atoms with Crippen molar-refractivity contribution < 1.29 is 4.74 Å². The van der Waals surface area contributed by atoms with Crippen molar-refractivity contribution in [1.82, 2.24) is 19.9 Å². The predicted molar refractivity (Wildman–Crippen MR) is 68.3 cm³/mol. The van der Waals surface area contributed by atoms with E-state index in [2.05, 4.69) is 15.2 Å². The molecule has 0 unspecified atom stereocenters. The lowest BCUT2D eigenvalue weighted by atomic mass is 9.97. The van der Waals surface area contributed by atoms with E-state index in [0.717, 1.165) is 19.1 Å². The largest absolute Gasteiger partial charge is 0.381 e. The van der Waals surface area contributed by atoms with Crippen LogP contribution in [0.15, 0.2) is 12.4 Å². The van der Waals surface area contributed by atoms with E-state index in [4.69, 9.17) is 4.74 Å². The third-order valence-electron chi connectivity index (χ3n) is 4.23. The van der Waals surface area contributed by atoms with Gasteiger partial charge in [0.2, 0.25) is 0 Å². The summed E-state index contributed by atoms with van der Waals surface area (Å²) in [6, 6.07) is 0.554. The molecule has 2 fully saturated rings. The van der Waals surface area contributed by atoms with Gasteiger partial charge in [-0.15, -0.1) is 5.10 Å². The van der Waals surface area contributed by atoms with Gasteiger partial charge in [0, 0.05) is 39.0 Å². The summed E-state index contributed by atoms with van der Waals surface area (Å²) < 4.78 is 7.44. The van der Waals surface area contributed by atoms with Gasteiger partial charge in [0.25, 0.3) is 0 Å². The van der Waals surface area contributed by atoms with Crippen LogP contribution in [0, 0.1) is 5.92 Å². The summed E-state index contributed by atoms with van der Waals surface area (Å²) in [5.74, 6) is 0.849. The molecule has 2 saturated heterocycles. The fourth-order valence-electron chi connectivity index (χ4n) is 3.07. The zero-order valence-electron chi connectivity index (χ0n) is 10.9. The van der Waals surface area contributed by atoms with Crippen molar-refractivity contribution in [3.63, 3.8) is 0 Å². The molecule has 5 nitrogen and oxygen atoms in total. The van der Waals surface area contributed by atoms with Crippen LogP contribution in [0.2, 0.25) is 0 Å². The minimum atomic E-state index is 0.554. The first kappa shape index (κ1) is 12.1. The molecule has 0 aliphatic carbocycles. The van der Waals surface area contributed by atoms with Crippen molar-refractivity contribution in [1.29, 1.82) is 0 Å². The van der Waals surface area contributed by atoms with Crippen LogP contribution < -0.4 is 0 Å². The molecule has 0 amide bonds. The van der Waals surface area contributed by atoms with E-state index < -0.39 is 0 Å². The number of hydrogen-bond acceptors (Lipinski definition) is 4. The number of nitrogens with zero attached hydrogens (tertiary/aromatic N) is 4. The van der Waals surface area contributed by atoms with E-state index in [-0.39, 0.29) is 0 Å². The first-order valence-corrected chi connectivity index (χ1v) is 7.08. The van der Waals surface area contributed by atoms with Gasteiger partial charge in [-0.25, -0.2) is 4.68 Å². The molecule has 1 aromatic heterocycles. The highest BCUT2D eigenvalue weighted by atomic mass is 16.5. The second-order valence-electron chi connectivity index (χ2n) is 5.47. The molecule has 2 aliphatic heterocycles. The highest BCUT2D eigenvalue weighted by molar-refractivity contribution is 4.80. The molecular weight excluding hydrogens is 228 g/mol. The second kappa shape index (κ2) is 5.80. The number of rotatable bonds is 3. The summed E-state index contributed by atoms with van der Waals surface area (Å²) in [6.45, 7) is 5.57. The SMILES string of the molecule is c1cn(C2CCN(CC3CCOCC3)CC2)nn1. The lowest BCUT2D eigenvalue weighted by Crippen LogP contribution is -2.39. The average Bonchev–Trinajstić information content (AvgIpc) is 2.95. The zero-order valence-corrected chi connectivity index (χ0v) is 10.9. The maximum atomic E-state index is 5.42. The van der Waals surface area contributed by atoms with E-state index in [9.17, 15) is 0 Å². The molecular formula is C13H22N4O. The summed E-state index contributed by atoms with van der Waals surface area (Å²) >= 11 is 0. The molecule has 18 heavy (non-hydrogen) atoms. The van der Waals surface area contributed by atoms with Gasteiger partial charge in [-0.2, -0.15) is 0 Å². The fraction of sp³-hybridized carbons (Fsp3) is 0.846. The van der Waals surface area contributed by atoms with Crippen molar-refractivity contribution in [3.8, 4) is 0 Å². The Morgan fingerprint density at radius 3 is 2.56 bits per heavy atom. The number of likely N-dealkylation sites (tertiary alicyclic amines) is 1. The Balaban J connectivity index is 1.45. The molecule has 0 bridgehead atoms. The average molecular weight is 250 g/mol. The highest BCUT2D eigenvalue weighted by Gasteiger charge is 2.23. The van der Waals surface area contributed by atoms with E-state index >= 15 is 0 Å². The fourth-order valence-corrected chi connectivity index (χ4v) is 3.07. The molecule has 0 saturated carbocycles. The van der Waals surface area contributed by atoms with Crippen molar-refractivity contribution in [2.24, 2.45) is 5.92 Å². The van der Waals surface area contributed by atoms with Crippen LogP contribution in [0.5, 0.6) is 0 Å². The van der Waals surface area contributed by atoms with Crippen molar-refractivity contribution in [3.05, 3.63) is 12.4 Å². The van der Waals surface area contributed by atoms with Crippen LogP contribution in [0.3, 0.4) is 0 Å². The van der Waals surface area contributed by atoms with Gasteiger partial charge in [-0.1, -0.05) is 5.21 Å². The molecule has 3 heterocycles. The van der Waals surface area contributed by atoms with E-state index in [0.29, 0.717) is 6.04 Å². The quantitative estimate of drug-likeness (QED) is 0.812. The lowest BCUT2D eigenvalue weighted by molar-refractivity contribution is 0.0467. The van der Waals surface area contributed by atoms with Gasteiger partial charge < -0.3 is 9.64 Å². The first-order valence-electron chi connectivity index (χ1n) is 7.08. The topological polar surface area (TPSA) is 43.2 Å². The molecule has 0 N–H and O–H groups in total. The minimum Gasteiger partial charge on any atom is -0.381 e. The standard InChI is InChI=1S/C13H22N4O/c1-6-16(11-12-3-9-18-10-4-12)7-2-13(1)17-8-5-14-15-17/h5,8,12-13H,1-4,6-7,9-11H2. The molecule has 0 atom stereocenters. The highest BCUT2D eigenvalue weighted by Crippen LogP contribution is 2.23. The minimum absolute atomic E-state index is 0.554. The molecule has 3 rings (SSSR count). The zero-order chi connectivity index (χ0) is 12.2. The van der Waals surface area contributed by atoms with Gasteiger partial charge in [-0.05, 0) is 31.6 Å². The number of aromatic nitrogens is 3. The summed E-state index contributed by atoms with van der Waals surface area (Å²) in [5, 5.41) is 8.01. The van der Waals surface area contributed by atoms with E-state index in [1.54, 1.807) is 6.20 Å². The summed E-state index contributed by atoms with van der Waals surface area (Å²) in [6.07, 6.45) is 8.64. The molecule has 0 aromatic carbocycles. The maximum Gasteiger partial charge on any atom is 0.0693 e. The maximum absolute atomic E-state index is 5.42. The lowest BCUT2D eigenvalue weighted by Gasteiger charge is -2.35. The van der Waals surface area contributed by atoms with Crippen LogP contribution in [0.4, 0.5) is 0 Å². The van der Waals surface area contributed by atoms with Crippen molar-refractivity contribution in [2.45, 2.75) is 31.7 Å². The number of hydrogen-bond donors (Lipinski definition) is 0. The summed E-state index contributed by atoms with van der Waals surface area (Å²) in [5.41, 5.74) is 0. The Bertz CT molecular complexity index is 340. The van der Waals surface area contributed by atoms with Crippen LogP contribution in [-0.2, 0) is 4.74 Å². The van der Waals surface area contributed by atoms with Crippen LogP contribution >= 0.6 is 0 Å². The third kappa shape index (κ3) is 2.90. The Kier molecular flexibility index (Phi) is 3.90. The Morgan fingerprint density at radius 1 is 1.11 bits per heavy atom. The van der Waals surface area contributed by atoms with Crippen molar-refractivity contribution >= 4 is 0 Å². The van der Waals surface area contributed by atoms with Gasteiger partial charge in [0.05, 0.1) is 12.2 Å². The molecule has 0 radical (unpaired) electrons. The molecule has 100 valence electrons. The second-order valence-corrected chi connectivity index (χ2v) is 5.47. The van der Waals surface area contributed by atoms with Gasteiger partial charge in [0.15, 0.2) is 0 Å². The number of piperidine rings is 1. The summed E-state index contributed by atoms with van der Waals surface area (Å²) in [4.78, 5) is 2.61. The molecule has 5 heteroatoms. The predicted octanol–water partition coefficient (Wildman–Crippen LogP) is 1.34. The molecule has 2 aliphatic rings. The summed E-state index contributed by atoms with van der Waals surface area (Å²) in [7, 11) is 0. The Morgan fingerprint density at radius 2 is 1.89 bits per heavy atom. The Labute approximate surface area is 108 Å². The Hall–Kier alpha value is -0.940. The molecule has 1 aromatic rings. The first-order chi connectivity index (χ1) is 8.92. The van der Waals surface area contributed by atoms with Crippen LogP contribution in [0.1, 0.15) is 31.7 Å². The number of ether oxygens (including phenoxy) is 1. The smallest absolute Gasteiger partial charge is 0.0693 e. The van der Waals surface area contributed by atoms with Crippen molar-refractivity contribution in [2.75, 3.05) is 32.8 Å². The van der Waals surface area contributed by atoms with Gasteiger partial charge in [0.1, 0.15) is 0 Å². The van der Waals surface area contributed by atoms with Crippen LogP contribution in [0.25, 0.3) is 0 Å². The third-order valence-corrected chi connectivity index (χ3v) is 4.23. The van der Waals surface area contributed by atoms with Crippen LogP contribution in [-0.4, -0.2) is 52.7 Å². The normalized spacial score (nSPS) is 24.4. The van der Waals surface area contributed by atoms with Gasteiger partial charge in [-0.3, -0.25) is 0 Å². The molecule has 0 spiro atoms. The van der Waals surface area contributed by atoms with Gasteiger partial charge >= 0.3 is 0 Å². The van der Waals surface area contributed by atoms with E-state index in [1.807, 2.05) is 10.9 Å².